The Morgan fingerprint density at radius 1 is 0.225 bits per heavy atom. The van der Waals surface area contributed by atoms with Crippen LogP contribution < -0.4 is 26.2 Å². The monoisotopic (exact) mass is 1130 g/mol. The number of fused-ring (bicyclic) bond motifs is 22. The van der Waals surface area contributed by atoms with E-state index in [1.165, 1.54) is 114 Å². The van der Waals surface area contributed by atoms with Gasteiger partial charge in [0.05, 0.1) is 11.0 Å². The van der Waals surface area contributed by atoms with Gasteiger partial charge in [0.15, 0.2) is 0 Å². The first-order valence-electron chi connectivity index (χ1n) is 30.8. The lowest BCUT2D eigenvalue weighted by Crippen LogP contribution is -2.61. The summed E-state index contributed by atoms with van der Waals surface area (Å²) >= 11 is 0. The standard InChI is InChI=1S/C84H50BN3O/c1-2-18-51(19-3-1)52-35-43-78-75(44-52)85-74-42-38-57(86-76-31-15-12-28-68(76)69-29-13-16-32-77(69)86)50-79(74)88(56-37-41-67-63-25-7-5-21-59(63)61-23-9-11-27-65(61)73(67)49-56)81-46-54(53-34-39-71-70-30-14-17-33-82(70)89-83(71)47-53)45-80(84(81)85)87(78)55-36-40-66-62-24-6-4-20-58(62)60-22-8-10-26-64(60)72(66)48-55/h1-50H. The maximum Gasteiger partial charge on any atom is 0.252 e. The van der Waals surface area contributed by atoms with E-state index in [2.05, 4.69) is 318 Å². The number of aromatic nitrogens is 1. The number of nitrogens with zero attached hydrogens (tertiary/aromatic N) is 3. The van der Waals surface area contributed by atoms with Crippen molar-refractivity contribution in [1.29, 1.82) is 0 Å². The van der Waals surface area contributed by atoms with Crippen molar-refractivity contribution in [2.24, 2.45) is 0 Å². The van der Waals surface area contributed by atoms with E-state index in [1.54, 1.807) is 0 Å². The van der Waals surface area contributed by atoms with Gasteiger partial charge in [0.2, 0.25) is 0 Å². The second kappa shape index (κ2) is 18.4. The highest BCUT2D eigenvalue weighted by atomic mass is 16.3. The summed E-state index contributed by atoms with van der Waals surface area (Å²) in [5.41, 5.74) is 20.2. The molecule has 0 spiro atoms. The third kappa shape index (κ3) is 6.95. The van der Waals surface area contributed by atoms with Crippen molar-refractivity contribution in [3.05, 3.63) is 303 Å². The summed E-state index contributed by atoms with van der Waals surface area (Å²) in [6.07, 6.45) is 0. The first-order chi connectivity index (χ1) is 44.1. The topological polar surface area (TPSA) is 24.6 Å². The normalized spacial score (nSPS) is 12.9. The van der Waals surface area contributed by atoms with E-state index >= 15 is 0 Å². The molecule has 0 saturated carbocycles. The SMILES string of the molecule is c1ccc(-c2ccc3c(c2)B2c4ccc(-n5c6ccccc6c6ccccc65)cc4N(c4ccc5c6ccccc6c6ccccc6c5c4)c4cc(-c5ccc6c(c5)oc5ccccc56)cc(c42)N3c2ccc3c4ccccc4c4ccccc4c3c2)cc1. The predicted molar refractivity (Wildman–Crippen MR) is 378 cm³/mol. The molecule has 0 amide bonds. The molecule has 16 aromatic carbocycles. The zero-order chi connectivity index (χ0) is 58.0. The Labute approximate surface area is 512 Å². The van der Waals surface area contributed by atoms with Crippen molar-refractivity contribution >= 4 is 166 Å². The largest absolute Gasteiger partial charge is 0.456 e. The third-order valence-corrected chi connectivity index (χ3v) is 19.7. The van der Waals surface area contributed by atoms with Crippen LogP contribution in [0.5, 0.6) is 0 Å². The highest BCUT2D eigenvalue weighted by Gasteiger charge is 2.44. The zero-order valence-electron chi connectivity index (χ0n) is 48.2. The molecular formula is C84H50BN3O. The molecule has 18 aromatic rings. The molecule has 0 fully saturated rings. The van der Waals surface area contributed by atoms with E-state index in [1.807, 2.05) is 0 Å². The molecule has 410 valence electrons. The van der Waals surface area contributed by atoms with Crippen molar-refractivity contribution in [3.8, 4) is 27.9 Å². The third-order valence-electron chi connectivity index (χ3n) is 19.7. The summed E-state index contributed by atoms with van der Waals surface area (Å²) in [5, 5.41) is 19.6. The Morgan fingerprint density at radius 3 is 1.22 bits per heavy atom. The molecule has 0 bridgehead atoms. The first-order valence-corrected chi connectivity index (χ1v) is 30.8. The Kier molecular flexibility index (Phi) is 10.1. The van der Waals surface area contributed by atoms with Crippen LogP contribution >= 0.6 is 0 Å². The average Bonchev–Trinajstić information content (AvgIpc) is 1.21. The summed E-state index contributed by atoms with van der Waals surface area (Å²) in [5.74, 6) is 0. The van der Waals surface area contributed by atoms with Crippen LogP contribution in [0.15, 0.2) is 308 Å². The Hall–Kier alpha value is -11.7. The van der Waals surface area contributed by atoms with Gasteiger partial charge in [-0.25, -0.2) is 0 Å². The van der Waals surface area contributed by atoms with Gasteiger partial charge in [0.1, 0.15) is 11.2 Å². The van der Waals surface area contributed by atoms with Crippen molar-refractivity contribution in [2.45, 2.75) is 0 Å². The molecule has 0 N–H and O–H groups in total. The molecule has 5 heteroatoms. The maximum atomic E-state index is 6.73. The van der Waals surface area contributed by atoms with E-state index in [-0.39, 0.29) is 6.71 Å². The fourth-order valence-corrected chi connectivity index (χ4v) is 15.8. The van der Waals surface area contributed by atoms with Crippen LogP contribution in [0.4, 0.5) is 34.1 Å². The summed E-state index contributed by atoms with van der Waals surface area (Å²) in [6, 6.07) is 113. The van der Waals surface area contributed by atoms with Crippen LogP contribution in [-0.4, -0.2) is 11.3 Å². The Balaban J connectivity index is 0.928. The first kappa shape index (κ1) is 48.6. The van der Waals surface area contributed by atoms with E-state index in [0.29, 0.717) is 0 Å². The summed E-state index contributed by atoms with van der Waals surface area (Å²) in [6.45, 7) is -0.171. The molecule has 0 atom stereocenters. The fourth-order valence-electron chi connectivity index (χ4n) is 15.8. The predicted octanol–water partition coefficient (Wildman–Crippen LogP) is 21.0. The summed E-state index contributed by atoms with van der Waals surface area (Å²) < 4.78 is 9.21. The molecule has 20 rings (SSSR count). The van der Waals surface area contributed by atoms with Crippen LogP contribution in [0.2, 0.25) is 0 Å². The van der Waals surface area contributed by atoms with E-state index in [0.717, 1.165) is 72.9 Å². The van der Waals surface area contributed by atoms with Gasteiger partial charge in [-0.15, -0.1) is 0 Å². The minimum Gasteiger partial charge on any atom is -0.456 e. The van der Waals surface area contributed by atoms with Gasteiger partial charge in [0, 0.05) is 61.4 Å². The summed E-state index contributed by atoms with van der Waals surface area (Å²) in [4.78, 5) is 5.20. The molecule has 0 radical (unpaired) electrons. The van der Waals surface area contributed by atoms with Crippen LogP contribution in [0.1, 0.15) is 0 Å². The van der Waals surface area contributed by atoms with E-state index < -0.39 is 0 Å². The van der Waals surface area contributed by atoms with Crippen molar-refractivity contribution in [2.75, 3.05) is 9.80 Å². The molecule has 89 heavy (non-hydrogen) atoms. The molecule has 0 unspecified atom stereocenters. The number of furan rings is 1. The van der Waals surface area contributed by atoms with Crippen molar-refractivity contribution in [1.82, 2.24) is 4.57 Å². The lowest BCUT2D eigenvalue weighted by molar-refractivity contribution is 0.669. The lowest BCUT2D eigenvalue weighted by atomic mass is 9.33. The van der Waals surface area contributed by atoms with Crippen LogP contribution in [-0.2, 0) is 0 Å². The van der Waals surface area contributed by atoms with Crippen molar-refractivity contribution in [3.63, 3.8) is 0 Å². The van der Waals surface area contributed by atoms with Gasteiger partial charge in [-0.05, 0) is 188 Å². The Bertz CT molecular complexity index is 5970. The number of rotatable bonds is 5. The zero-order valence-corrected chi connectivity index (χ0v) is 48.2. The molecule has 2 aliphatic rings. The molecule has 4 heterocycles. The van der Waals surface area contributed by atoms with Gasteiger partial charge in [-0.3, -0.25) is 0 Å². The highest BCUT2D eigenvalue weighted by molar-refractivity contribution is 7.00. The van der Waals surface area contributed by atoms with E-state index in [4.69, 9.17) is 4.42 Å². The maximum absolute atomic E-state index is 6.73. The van der Waals surface area contributed by atoms with Gasteiger partial charge in [-0.1, -0.05) is 218 Å². The van der Waals surface area contributed by atoms with Crippen LogP contribution in [0.25, 0.3) is 136 Å². The number of anilines is 6. The van der Waals surface area contributed by atoms with Crippen LogP contribution in [0, 0.1) is 0 Å². The molecule has 0 aliphatic carbocycles. The minimum absolute atomic E-state index is 0.171. The fraction of sp³-hybridized carbons (Fsp3) is 0. The second-order valence-electron chi connectivity index (χ2n) is 24.2. The smallest absolute Gasteiger partial charge is 0.252 e. The van der Waals surface area contributed by atoms with E-state index in [9.17, 15) is 0 Å². The summed E-state index contributed by atoms with van der Waals surface area (Å²) in [7, 11) is 0. The van der Waals surface area contributed by atoms with Crippen LogP contribution in [0.3, 0.4) is 0 Å². The number of hydrogen-bond acceptors (Lipinski definition) is 3. The van der Waals surface area contributed by atoms with Gasteiger partial charge < -0.3 is 18.8 Å². The number of hydrogen-bond donors (Lipinski definition) is 0. The lowest BCUT2D eigenvalue weighted by Gasteiger charge is -2.45. The van der Waals surface area contributed by atoms with Gasteiger partial charge in [0.25, 0.3) is 6.71 Å². The highest BCUT2D eigenvalue weighted by Crippen LogP contribution is 2.50. The van der Waals surface area contributed by atoms with Gasteiger partial charge in [-0.2, -0.15) is 0 Å². The number of benzene rings is 16. The molecule has 2 aliphatic heterocycles. The second-order valence-corrected chi connectivity index (χ2v) is 24.2. The molecule has 4 nitrogen and oxygen atoms in total. The number of para-hydroxylation sites is 3. The Morgan fingerprint density at radius 2 is 0.652 bits per heavy atom. The van der Waals surface area contributed by atoms with Gasteiger partial charge >= 0.3 is 0 Å². The molecule has 2 aromatic heterocycles. The quantitative estimate of drug-likeness (QED) is 0.127. The minimum atomic E-state index is -0.171. The molecular weight excluding hydrogens is 1080 g/mol. The molecule has 0 saturated heterocycles. The van der Waals surface area contributed by atoms with Crippen molar-refractivity contribution < 1.29 is 4.42 Å². The average molecular weight is 1130 g/mol.